The third-order valence-electron chi connectivity index (χ3n) is 1.93. The Labute approximate surface area is 120 Å². The van der Waals surface area contributed by atoms with Gasteiger partial charge in [-0.3, -0.25) is 0 Å². The lowest BCUT2D eigenvalue weighted by Crippen LogP contribution is -1.99. The summed E-state index contributed by atoms with van der Waals surface area (Å²) in [5.74, 6) is 0.536. The highest BCUT2D eigenvalue weighted by molar-refractivity contribution is 6.17. The van der Waals surface area contributed by atoms with Crippen molar-refractivity contribution in [2.24, 2.45) is 0 Å². The lowest BCUT2D eigenvalue weighted by Gasteiger charge is -1.95. The maximum Gasteiger partial charge on any atom is 0.337 e. The van der Waals surface area contributed by atoms with Crippen molar-refractivity contribution in [3.8, 4) is 0 Å². The largest absolute Gasteiger partial charge is 0.465 e. The van der Waals surface area contributed by atoms with Crippen LogP contribution in [0.5, 0.6) is 0 Å². The summed E-state index contributed by atoms with van der Waals surface area (Å²) >= 11 is 10.0. The predicted molar refractivity (Wildman–Crippen MR) is 79.8 cm³/mol. The van der Waals surface area contributed by atoms with Crippen molar-refractivity contribution in [3.05, 3.63) is 35.9 Å². The van der Waals surface area contributed by atoms with E-state index in [1.165, 1.54) is 32.8 Å². The molecule has 0 aliphatic rings. The molecular weight excluding hydrogens is 271 g/mol. The smallest absolute Gasteiger partial charge is 0.337 e. The van der Waals surface area contributed by atoms with Gasteiger partial charge in [0, 0.05) is 12.3 Å². The van der Waals surface area contributed by atoms with Gasteiger partial charge in [0.15, 0.2) is 0 Å². The second-order valence-corrected chi connectivity index (χ2v) is 3.63. The van der Waals surface area contributed by atoms with E-state index in [4.69, 9.17) is 11.6 Å². The van der Waals surface area contributed by atoms with Gasteiger partial charge in [-0.2, -0.15) is 0 Å². The Bertz CT molecular complexity index is 272. The van der Waals surface area contributed by atoms with Gasteiger partial charge >= 0.3 is 5.97 Å². The minimum absolute atomic E-state index is 0.291. The van der Waals surface area contributed by atoms with Gasteiger partial charge in [0.25, 0.3) is 0 Å². The van der Waals surface area contributed by atoms with Gasteiger partial charge in [-0.15, -0.1) is 23.2 Å². The normalized spacial score (nSPS) is 8.28. The number of alkyl halides is 2. The quantitative estimate of drug-likeness (QED) is 0.455. The first kappa shape index (κ1) is 19.6. The molecule has 0 saturated heterocycles. The highest BCUT2D eigenvalue weighted by Crippen LogP contribution is 1.98. The molecule has 0 N–H and O–H groups in total. The number of carbonyl (C=O) groups excluding carboxylic acids is 1. The number of carbonyl (C=O) groups is 1. The van der Waals surface area contributed by atoms with Crippen LogP contribution in [0.15, 0.2) is 30.3 Å². The van der Waals surface area contributed by atoms with E-state index >= 15 is 0 Å². The van der Waals surface area contributed by atoms with Crippen LogP contribution in [0.2, 0.25) is 0 Å². The first-order chi connectivity index (χ1) is 8.76. The lowest BCUT2D eigenvalue weighted by molar-refractivity contribution is 0.0601. The van der Waals surface area contributed by atoms with Gasteiger partial charge in [-0.25, -0.2) is 4.79 Å². The molecule has 1 rings (SSSR count). The second kappa shape index (κ2) is 16.3. The zero-order valence-electron chi connectivity index (χ0n) is 11.3. The summed E-state index contributed by atoms with van der Waals surface area (Å²) in [5.41, 5.74) is 0.588. The molecule has 0 fully saturated rings. The molecule has 18 heavy (non-hydrogen) atoms. The number of rotatable bonds is 4. The fraction of sp³-hybridized carbons (Fsp3) is 0.500. The fourth-order valence-corrected chi connectivity index (χ4v) is 1.23. The minimum Gasteiger partial charge on any atom is -0.465 e. The molecule has 0 bridgehead atoms. The maximum atomic E-state index is 10.8. The first-order valence-electron chi connectivity index (χ1n) is 5.83. The second-order valence-electron chi connectivity index (χ2n) is 3.25. The van der Waals surface area contributed by atoms with Gasteiger partial charge in [-0.1, -0.05) is 38.0 Å². The minimum atomic E-state index is -0.291. The zero-order chi connectivity index (χ0) is 14.2. The first-order valence-corrected chi connectivity index (χ1v) is 7.12. The van der Waals surface area contributed by atoms with Crippen molar-refractivity contribution < 1.29 is 9.53 Å². The van der Waals surface area contributed by atoms with Crippen LogP contribution < -0.4 is 0 Å². The van der Waals surface area contributed by atoms with E-state index in [0.29, 0.717) is 5.56 Å². The van der Waals surface area contributed by atoms with Crippen molar-refractivity contribution in [1.29, 1.82) is 0 Å². The Balaban J connectivity index is 0. The molecule has 0 aromatic heterocycles. The Hall–Kier alpha value is -0.730. The number of esters is 1. The Morgan fingerprint density at radius 3 is 2.06 bits per heavy atom. The SMILES string of the molecule is CCCCCCl.CCl.COC(=O)c1ccccc1. The number of methoxy groups -OCH3 is 1. The third-order valence-corrected chi connectivity index (χ3v) is 2.20. The highest BCUT2D eigenvalue weighted by atomic mass is 35.5. The highest BCUT2D eigenvalue weighted by Gasteiger charge is 2.00. The number of unbranched alkanes of at least 4 members (excludes halogenated alkanes) is 2. The zero-order valence-corrected chi connectivity index (χ0v) is 12.8. The molecule has 2 nitrogen and oxygen atoms in total. The number of hydrogen-bond donors (Lipinski definition) is 0. The number of ether oxygens (including phenoxy) is 1. The van der Waals surface area contributed by atoms with E-state index in [1.54, 1.807) is 24.3 Å². The van der Waals surface area contributed by atoms with Crippen LogP contribution in [0.25, 0.3) is 0 Å². The summed E-state index contributed by atoms with van der Waals surface area (Å²) < 4.78 is 4.50. The van der Waals surface area contributed by atoms with Gasteiger partial charge in [0.1, 0.15) is 0 Å². The molecule has 0 saturated carbocycles. The molecule has 0 aliphatic heterocycles. The van der Waals surface area contributed by atoms with Crippen LogP contribution in [0.3, 0.4) is 0 Å². The molecule has 1 aromatic rings. The van der Waals surface area contributed by atoms with Gasteiger partial charge in [0.05, 0.1) is 12.7 Å². The van der Waals surface area contributed by atoms with Crippen LogP contribution in [0, 0.1) is 0 Å². The summed E-state index contributed by atoms with van der Waals surface area (Å²) in [6.07, 6.45) is 5.20. The van der Waals surface area contributed by atoms with Gasteiger partial charge in [0.2, 0.25) is 0 Å². The molecule has 0 atom stereocenters. The molecule has 0 aliphatic carbocycles. The Morgan fingerprint density at radius 2 is 1.72 bits per heavy atom. The van der Waals surface area contributed by atoms with Crippen molar-refractivity contribution in [2.75, 3.05) is 19.4 Å². The van der Waals surface area contributed by atoms with E-state index in [9.17, 15) is 4.79 Å². The molecule has 0 unspecified atom stereocenters. The Kier molecular flexibility index (Phi) is 17.7. The van der Waals surface area contributed by atoms with Gasteiger partial charge in [-0.05, 0) is 18.6 Å². The summed E-state index contributed by atoms with van der Waals surface area (Å²) in [7, 11) is 1.37. The van der Waals surface area contributed by atoms with Crippen molar-refractivity contribution in [3.63, 3.8) is 0 Å². The molecular formula is C14H22Cl2O2. The average molecular weight is 293 g/mol. The molecule has 4 heteroatoms. The topological polar surface area (TPSA) is 26.3 Å². The monoisotopic (exact) mass is 292 g/mol. The number of benzene rings is 1. The van der Waals surface area contributed by atoms with Crippen molar-refractivity contribution in [2.45, 2.75) is 26.2 Å². The van der Waals surface area contributed by atoms with Crippen molar-refractivity contribution in [1.82, 2.24) is 0 Å². The van der Waals surface area contributed by atoms with Gasteiger partial charge < -0.3 is 4.74 Å². The summed E-state index contributed by atoms with van der Waals surface area (Å²) in [5, 5.41) is 0. The number of hydrogen-bond acceptors (Lipinski definition) is 2. The fourth-order valence-electron chi connectivity index (χ4n) is 1.04. The molecule has 0 heterocycles. The van der Waals surface area contributed by atoms with Crippen LogP contribution in [-0.4, -0.2) is 25.3 Å². The van der Waals surface area contributed by atoms with Crippen LogP contribution in [0.1, 0.15) is 36.5 Å². The molecule has 0 amide bonds. The van der Waals surface area contributed by atoms with Crippen LogP contribution >= 0.6 is 23.2 Å². The molecule has 104 valence electrons. The lowest BCUT2D eigenvalue weighted by atomic mass is 10.2. The van der Waals surface area contributed by atoms with E-state index in [-0.39, 0.29) is 5.97 Å². The molecule has 0 radical (unpaired) electrons. The number of halogens is 2. The van der Waals surface area contributed by atoms with E-state index < -0.39 is 0 Å². The maximum absolute atomic E-state index is 10.8. The molecule has 0 spiro atoms. The standard InChI is InChI=1S/C8H8O2.C5H11Cl.CH3Cl/c1-10-8(9)7-5-3-2-4-6-7;1-2-3-4-5-6;1-2/h2-6H,1H3;2-5H2,1H3;1H3. The van der Waals surface area contributed by atoms with E-state index in [0.717, 1.165) is 5.88 Å². The van der Waals surface area contributed by atoms with E-state index in [2.05, 4.69) is 23.3 Å². The Morgan fingerprint density at radius 1 is 1.17 bits per heavy atom. The summed E-state index contributed by atoms with van der Waals surface area (Å²) in [6.45, 7) is 2.17. The molecule has 1 aromatic carbocycles. The average Bonchev–Trinajstić information content (AvgIpc) is 2.48. The van der Waals surface area contributed by atoms with E-state index in [1.807, 2.05) is 6.07 Å². The third kappa shape index (κ3) is 11.7. The van der Waals surface area contributed by atoms with Crippen LogP contribution in [-0.2, 0) is 4.74 Å². The van der Waals surface area contributed by atoms with Crippen LogP contribution in [0.4, 0.5) is 0 Å². The summed E-state index contributed by atoms with van der Waals surface area (Å²) in [4.78, 5) is 10.8. The van der Waals surface area contributed by atoms with Crippen molar-refractivity contribution >= 4 is 29.2 Å². The predicted octanol–water partition coefficient (Wildman–Crippen LogP) is 4.74. The summed E-state index contributed by atoms with van der Waals surface area (Å²) in [6, 6.07) is 8.88.